The summed E-state index contributed by atoms with van der Waals surface area (Å²) in [5.41, 5.74) is 2.79. The van der Waals surface area contributed by atoms with Gasteiger partial charge in [-0.15, -0.1) is 0 Å². The Hall–Kier alpha value is -2.33. The normalized spacial score (nSPS) is 17.9. The number of rotatable bonds is 5. The van der Waals surface area contributed by atoms with Crippen LogP contribution in [-0.2, 0) is 6.54 Å². The van der Waals surface area contributed by atoms with Gasteiger partial charge >= 0.3 is 5.97 Å². The first-order chi connectivity index (χ1) is 11.6. The van der Waals surface area contributed by atoms with Crippen LogP contribution in [0.3, 0.4) is 0 Å². The minimum absolute atomic E-state index is 0.342. The SMILES string of the molecule is CN(Cc1ccc(C(=O)O)cc1)[C@@H]1CCCN(c2ccccc2)C1. The Morgan fingerprint density at radius 3 is 2.54 bits per heavy atom. The molecule has 0 aromatic heterocycles. The summed E-state index contributed by atoms with van der Waals surface area (Å²) in [5, 5.41) is 8.98. The summed E-state index contributed by atoms with van der Waals surface area (Å²) in [6, 6.07) is 18.3. The van der Waals surface area contributed by atoms with Gasteiger partial charge in [0.05, 0.1) is 5.56 Å². The average molecular weight is 324 g/mol. The van der Waals surface area contributed by atoms with Gasteiger partial charge in [0.2, 0.25) is 0 Å². The Morgan fingerprint density at radius 1 is 1.17 bits per heavy atom. The van der Waals surface area contributed by atoms with E-state index in [9.17, 15) is 4.79 Å². The van der Waals surface area contributed by atoms with Gasteiger partial charge in [0, 0.05) is 31.4 Å². The Labute approximate surface area is 143 Å². The maximum atomic E-state index is 10.9. The van der Waals surface area contributed by atoms with E-state index in [0.29, 0.717) is 11.6 Å². The number of carboxylic acid groups (broad SMARTS) is 1. The summed E-state index contributed by atoms with van der Waals surface area (Å²) in [7, 11) is 2.16. The second kappa shape index (κ2) is 7.49. The number of anilines is 1. The van der Waals surface area contributed by atoms with Gasteiger partial charge in [-0.1, -0.05) is 30.3 Å². The van der Waals surface area contributed by atoms with E-state index in [0.717, 1.165) is 25.2 Å². The van der Waals surface area contributed by atoms with Gasteiger partial charge in [0.25, 0.3) is 0 Å². The predicted molar refractivity (Wildman–Crippen MR) is 96.5 cm³/mol. The number of carboxylic acids is 1. The minimum atomic E-state index is -0.874. The van der Waals surface area contributed by atoms with Crippen molar-refractivity contribution >= 4 is 11.7 Å². The Morgan fingerprint density at radius 2 is 1.88 bits per heavy atom. The molecule has 1 aliphatic rings. The van der Waals surface area contributed by atoms with Crippen molar-refractivity contribution < 1.29 is 9.90 Å². The van der Waals surface area contributed by atoms with E-state index in [1.807, 2.05) is 12.1 Å². The lowest BCUT2D eigenvalue weighted by Crippen LogP contribution is -2.46. The van der Waals surface area contributed by atoms with Gasteiger partial charge in [-0.05, 0) is 49.7 Å². The molecule has 0 aliphatic carbocycles. The topological polar surface area (TPSA) is 43.8 Å². The third kappa shape index (κ3) is 3.95. The highest BCUT2D eigenvalue weighted by molar-refractivity contribution is 5.87. The highest BCUT2D eigenvalue weighted by Crippen LogP contribution is 2.22. The van der Waals surface area contributed by atoms with Crippen LogP contribution in [0.25, 0.3) is 0 Å². The number of carbonyl (C=O) groups is 1. The molecule has 4 nitrogen and oxygen atoms in total. The zero-order chi connectivity index (χ0) is 16.9. The van der Waals surface area contributed by atoms with Gasteiger partial charge in [-0.2, -0.15) is 0 Å². The first kappa shape index (κ1) is 16.5. The van der Waals surface area contributed by atoms with Crippen molar-refractivity contribution in [3.05, 3.63) is 65.7 Å². The summed E-state index contributed by atoms with van der Waals surface area (Å²) in [6.07, 6.45) is 2.40. The van der Waals surface area contributed by atoms with Crippen LogP contribution >= 0.6 is 0 Å². The largest absolute Gasteiger partial charge is 0.478 e. The molecule has 1 heterocycles. The monoisotopic (exact) mass is 324 g/mol. The number of piperidine rings is 1. The molecular weight excluding hydrogens is 300 g/mol. The molecule has 0 saturated carbocycles. The number of para-hydroxylation sites is 1. The van der Waals surface area contributed by atoms with Gasteiger partial charge in [0.15, 0.2) is 0 Å². The number of benzene rings is 2. The van der Waals surface area contributed by atoms with E-state index in [4.69, 9.17) is 5.11 Å². The molecule has 126 valence electrons. The third-order valence-electron chi connectivity index (χ3n) is 4.77. The Balaban J connectivity index is 1.62. The quantitative estimate of drug-likeness (QED) is 0.914. The van der Waals surface area contributed by atoms with E-state index >= 15 is 0 Å². The van der Waals surface area contributed by atoms with Crippen LogP contribution in [0.5, 0.6) is 0 Å². The maximum absolute atomic E-state index is 10.9. The molecule has 2 aromatic rings. The van der Waals surface area contributed by atoms with Crippen LogP contribution < -0.4 is 4.90 Å². The molecule has 1 fully saturated rings. The van der Waals surface area contributed by atoms with Gasteiger partial charge in [0.1, 0.15) is 0 Å². The average Bonchev–Trinajstić information content (AvgIpc) is 2.63. The second-order valence-corrected chi connectivity index (χ2v) is 6.49. The standard InChI is InChI=1S/C20H24N2O2/c1-21(14-16-9-11-17(12-10-16)20(23)24)19-8-5-13-22(15-19)18-6-3-2-4-7-18/h2-4,6-7,9-12,19H,5,8,13-15H2,1H3,(H,23,24)/t19-/m1/s1. The second-order valence-electron chi connectivity index (χ2n) is 6.49. The Kier molecular flexibility index (Phi) is 5.16. The van der Waals surface area contributed by atoms with Crippen LogP contribution in [0.1, 0.15) is 28.8 Å². The molecule has 0 radical (unpaired) electrons. The molecule has 24 heavy (non-hydrogen) atoms. The number of hydrogen-bond acceptors (Lipinski definition) is 3. The van der Waals surface area contributed by atoms with Gasteiger partial charge in [-0.3, -0.25) is 4.90 Å². The fraction of sp³-hybridized carbons (Fsp3) is 0.350. The van der Waals surface area contributed by atoms with Crippen LogP contribution in [0.15, 0.2) is 54.6 Å². The smallest absolute Gasteiger partial charge is 0.335 e. The highest BCUT2D eigenvalue weighted by atomic mass is 16.4. The predicted octanol–water partition coefficient (Wildman–Crippen LogP) is 3.49. The molecule has 1 saturated heterocycles. The van der Waals surface area contributed by atoms with Crippen molar-refractivity contribution in [3.63, 3.8) is 0 Å². The van der Waals surface area contributed by atoms with Crippen LogP contribution in [0, 0.1) is 0 Å². The molecule has 4 heteroatoms. The lowest BCUT2D eigenvalue weighted by atomic mass is 10.0. The summed E-state index contributed by atoms with van der Waals surface area (Å²) in [5.74, 6) is -0.874. The van der Waals surface area contributed by atoms with Gasteiger partial charge in [-0.25, -0.2) is 4.79 Å². The molecule has 0 unspecified atom stereocenters. The van der Waals surface area contributed by atoms with E-state index in [1.54, 1.807) is 12.1 Å². The van der Waals surface area contributed by atoms with Crippen LogP contribution in [0.4, 0.5) is 5.69 Å². The van der Waals surface area contributed by atoms with Crippen LogP contribution in [0.2, 0.25) is 0 Å². The zero-order valence-corrected chi connectivity index (χ0v) is 14.1. The minimum Gasteiger partial charge on any atom is -0.478 e. The maximum Gasteiger partial charge on any atom is 0.335 e. The van der Waals surface area contributed by atoms with Crippen molar-refractivity contribution in [1.29, 1.82) is 0 Å². The molecular formula is C20H24N2O2. The van der Waals surface area contributed by atoms with E-state index in [2.05, 4.69) is 47.2 Å². The molecule has 0 amide bonds. The molecule has 2 aromatic carbocycles. The summed E-state index contributed by atoms with van der Waals surface area (Å²) >= 11 is 0. The summed E-state index contributed by atoms with van der Waals surface area (Å²) < 4.78 is 0. The lowest BCUT2D eigenvalue weighted by molar-refractivity contribution is 0.0697. The molecule has 1 N–H and O–H groups in total. The van der Waals surface area contributed by atoms with Crippen molar-refractivity contribution in [2.45, 2.75) is 25.4 Å². The molecule has 1 atom stereocenters. The van der Waals surface area contributed by atoms with Gasteiger partial charge < -0.3 is 10.0 Å². The number of likely N-dealkylation sites (N-methyl/N-ethyl adjacent to an activating group) is 1. The number of aromatic carboxylic acids is 1. The lowest BCUT2D eigenvalue weighted by Gasteiger charge is -2.39. The fourth-order valence-corrected chi connectivity index (χ4v) is 3.36. The first-order valence-corrected chi connectivity index (χ1v) is 8.46. The summed E-state index contributed by atoms with van der Waals surface area (Å²) in [6.45, 7) is 2.99. The van der Waals surface area contributed by atoms with E-state index in [-0.39, 0.29) is 0 Å². The van der Waals surface area contributed by atoms with E-state index in [1.165, 1.54) is 18.5 Å². The fourth-order valence-electron chi connectivity index (χ4n) is 3.36. The number of nitrogens with zero attached hydrogens (tertiary/aromatic N) is 2. The van der Waals surface area contributed by atoms with Crippen molar-refractivity contribution in [2.75, 3.05) is 25.0 Å². The van der Waals surface area contributed by atoms with Crippen LogP contribution in [-0.4, -0.2) is 42.2 Å². The van der Waals surface area contributed by atoms with E-state index < -0.39 is 5.97 Å². The summed E-state index contributed by atoms with van der Waals surface area (Å²) in [4.78, 5) is 15.8. The zero-order valence-electron chi connectivity index (χ0n) is 14.1. The highest BCUT2D eigenvalue weighted by Gasteiger charge is 2.23. The molecule has 3 rings (SSSR count). The number of hydrogen-bond donors (Lipinski definition) is 1. The first-order valence-electron chi connectivity index (χ1n) is 8.46. The van der Waals surface area contributed by atoms with Crippen molar-refractivity contribution in [2.24, 2.45) is 0 Å². The van der Waals surface area contributed by atoms with Crippen molar-refractivity contribution in [3.8, 4) is 0 Å². The third-order valence-corrected chi connectivity index (χ3v) is 4.77. The molecule has 0 spiro atoms. The van der Waals surface area contributed by atoms with Crippen molar-refractivity contribution in [1.82, 2.24) is 4.90 Å². The Bertz CT molecular complexity index is 670. The molecule has 1 aliphatic heterocycles. The molecule has 0 bridgehead atoms.